The van der Waals surface area contributed by atoms with Crippen molar-refractivity contribution in [2.75, 3.05) is 7.11 Å². The third-order valence-electron chi connectivity index (χ3n) is 5.16. The zero-order valence-corrected chi connectivity index (χ0v) is 14.0. The minimum absolute atomic E-state index is 0.00698. The molecule has 8 nitrogen and oxygen atoms in total. The number of amides is 1. The molecule has 0 saturated heterocycles. The summed E-state index contributed by atoms with van der Waals surface area (Å²) in [5, 5.41) is 31.5. The highest BCUT2D eigenvalue weighted by molar-refractivity contribution is 5.79. The van der Waals surface area contributed by atoms with E-state index in [2.05, 4.69) is 15.6 Å². The summed E-state index contributed by atoms with van der Waals surface area (Å²) in [5.41, 5.74) is 0.719. The second-order valence-electron chi connectivity index (χ2n) is 6.94. The van der Waals surface area contributed by atoms with Gasteiger partial charge in [-0.3, -0.25) is 9.48 Å². The van der Waals surface area contributed by atoms with Gasteiger partial charge in [-0.2, -0.15) is 0 Å². The molecule has 0 spiro atoms. The first-order valence-electron chi connectivity index (χ1n) is 8.63. The van der Waals surface area contributed by atoms with Gasteiger partial charge in [-0.15, -0.1) is 5.10 Å². The minimum Gasteiger partial charge on any atom is -0.390 e. The van der Waals surface area contributed by atoms with Gasteiger partial charge in [-0.1, -0.05) is 18.1 Å². The molecule has 134 valence electrons. The van der Waals surface area contributed by atoms with Crippen molar-refractivity contribution in [3.63, 3.8) is 0 Å². The second kappa shape index (κ2) is 7.58. The average Bonchev–Trinajstić information content (AvgIpc) is 3.28. The molecule has 2 fully saturated rings. The number of hydrogen-bond acceptors (Lipinski definition) is 6. The van der Waals surface area contributed by atoms with Gasteiger partial charge in [0.15, 0.2) is 0 Å². The molecular weight excluding hydrogens is 312 g/mol. The van der Waals surface area contributed by atoms with Gasteiger partial charge in [-0.05, 0) is 19.3 Å². The number of nitrogens with one attached hydrogen (secondary N) is 1. The Bertz CT molecular complexity index is 558. The Morgan fingerprint density at radius 1 is 1.38 bits per heavy atom. The predicted molar refractivity (Wildman–Crippen MR) is 84.7 cm³/mol. The van der Waals surface area contributed by atoms with Crippen LogP contribution < -0.4 is 5.32 Å². The minimum atomic E-state index is -0.942. The van der Waals surface area contributed by atoms with Crippen LogP contribution in [0.1, 0.15) is 37.8 Å². The van der Waals surface area contributed by atoms with E-state index in [4.69, 9.17) is 4.74 Å². The van der Waals surface area contributed by atoms with Crippen LogP contribution in [-0.2, 0) is 22.7 Å². The van der Waals surface area contributed by atoms with E-state index in [1.54, 1.807) is 18.0 Å². The molecule has 2 saturated carbocycles. The van der Waals surface area contributed by atoms with Crippen LogP contribution in [-0.4, -0.2) is 56.5 Å². The number of carbonyl (C=O) groups excluding carboxylic acids is 1. The largest absolute Gasteiger partial charge is 0.390 e. The molecule has 1 amide bonds. The topological polar surface area (TPSA) is 110 Å². The Kier molecular flexibility index (Phi) is 5.47. The lowest BCUT2D eigenvalue weighted by Gasteiger charge is -2.20. The van der Waals surface area contributed by atoms with Crippen LogP contribution >= 0.6 is 0 Å². The van der Waals surface area contributed by atoms with Gasteiger partial charge >= 0.3 is 0 Å². The molecular formula is C16H26N4O4. The first-order valence-corrected chi connectivity index (χ1v) is 8.63. The molecule has 3 N–H and O–H groups in total. The fourth-order valence-corrected chi connectivity index (χ4v) is 3.82. The van der Waals surface area contributed by atoms with Crippen LogP contribution in [0.15, 0.2) is 6.20 Å². The van der Waals surface area contributed by atoms with Crippen molar-refractivity contribution < 1.29 is 19.7 Å². The van der Waals surface area contributed by atoms with Gasteiger partial charge in [0.05, 0.1) is 24.9 Å². The average molecular weight is 338 g/mol. The zero-order chi connectivity index (χ0) is 17.1. The molecule has 24 heavy (non-hydrogen) atoms. The number of rotatable bonds is 6. The maximum absolute atomic E-state index is 12.2. The van der Waals surface area contributed by atoms with Crippen molar-refractivity contribution in [1.82, 2.24) is 20.3 Å². The number of ether oxygens (including phenoxy) is 1. The van der Waals surface area contributed by atoms with Crippen LogP contribution in [0.25, 0.3) is 0 Å². The summed E-state index contributed by atoms with van der Waals surface area (Å²) >= 11 is 0. The van der Waals surface area contributed by atoms with Crippen LogP contribution in [0, 0.1) is 11.8 Å². The summed E-state index contributed by atoms with van der Waals surface area (Å²) in [7, 11) is 1.59. The van der Waals surface area contributed by atoms with Gasteiger partial charge < -0.3 is 20.3 Å². The summed E-state index contributed by atoms with van der Waals surface area (Å²) in [6, 6.07) is -0.403. The Balaban J connectivity index is 1.56. The number of hydrogen-bond donors (Lipinski definition) is 3. The molecule has 8 heteroatoms. The SMILES string of the molecule is COCc1cn(C[C@H]2C[C@@H](NC(=O)C3CCCC3)[C@H](O)[C@@H]2O)nn1. The molecule has 0 bridgehead atoms. The number of aliphatic hydroxyl groups excluding tert-OH is 2. The number of aliphatic hydroxyl groups is 2. The first kappa shape index (κ1) is 17.3. The highest BCUT2D eigenvalue weighted by atomic mass is 16.5. The molecule has 2 aliphatic carbocycles. The molecule has 0 aliphatic heterocycles. The Labute approximate surface area is 141 Å². The molecule has 1 aromatic heterocycles. The van der Waals surface area contributed by atoms with Crippen LogP contribution in [0.3, 0.4) is 0 Å². The first-order chi connectivity index (χ1) is 11.6. The molecule has 1 aromatic rings. The lowest BCUT2D eigenvalue weighted by atomic mass is 10.1. The van der Waals surface area contributed by atoms with Crippen molar-refractivity contribution >= 4 is 5.91 Å². The van der Waals surface area contributed by atoms with Crippen molar-refractivity contribution in [2.24, 2.45) is 11.8 Å². The smallest absolute Gasteiger partial charge is 0.223 e. The fourth-order valence-electron chi connectivity index (χ4n) is 3.82. The summed E-state index contributed by atoms with van der Waals surface area (Å²) in [5.74, 6) is -0.112. The van der Waals surface area contributed by atoms with Crippen LogP contribution in [0.5, 0.6) is 0 Å². The van der Waals surface area contributed by atoms with E-state index in [-0.39, 0.29) is 17.7 Å². The van der Waals surface area contributed by atoms with E-state index in [0.717, 1.165) is 31.4 Å². The Hall–Kier alpha value is -1.51. The summed E-state index contributed by atoms with van der Waals surface area (Å²) in [4.78, 5) is 12.2. The monoisotopic (exact) mass is 338 g/mol. The Morgan fingerprint density at radius 3 is 2.83 bits per heavy atom. The van der Waals surface area contributed by atoms with Crippen LogP contribution in [0.2, 0.25) is 0 Å². The quantitative estimate of drug-likeness (QED) is 0.665. The molecule has 0 aromatic carbocycles. The molecule has 2 aliphatic rings. The van der Waals surface area contributed by atoms with Gasteiger partial charge in [0.2, 0.25) is 5.91 Å². The summed E-state index contributed by atoms with van der Waals surface area (Å²) in [6.07, 6.45) is 4.49. The van der Waals surface area contributed by atoms with Crippen molar-refractivity contribution in [3.05, 3.63) is 11.9 Å². The number of aromatic nitrogens is 3. The highest BCUT2D eigenvalue weighted by Gasteiger charge is 2.43. The zero-order valence-electron chi connectivity index (χ0n) is 14.0. The molecule has 1 heterocycles. The van der Waals surface area contributed by atoms with Crippen molar-refractivity contribution in [2.45, 2.75) is 63.5 Å². The number of carbonyl (C=O) groups is 1. The molecule has 0 unspecified atom stereocenters. The standard InChI is InChI=1S/C16H26N4O4/c1-24-9-12-8-20(19-18-12)7-11-6-13(15(22)14(11)21)17-16(23)10-4-2-3-5-10/h8,10-11,13-15,21-22H,2-7,9H2,1H3,(H,17,23)/t11-,13-,14-,15+/m1/s1. The van der Waals surface area contributed by atoms with Gasteiger partial charge in [0, 0.05) is 25.5 Å². The van der Waals surface area contributed by atoms with Crippen molar-refractivity contribution in [1.29, 1.82) is 0 Å². The highest BCUT2D eigenvalue weighted by Crippen LogP contribution is 2.30. The normalized spacial score (nSPS) is 30.8. The summed E-state index contributed by atoms with van der Waals surface area (Å²) in [6.45, 7) is 0.834. The van der Waals surface area contributed by atoms with Gasteiger partial charge in [0.25, 0.3) is 0 Å². The molecule has 0 radical (unpaired) electrons. The predicted octanol–water partition coefficient (Wildman–Crippen LogP) is -0.159. The van der Waals surface area contributed by atoms with E-state index in [1.165, 1.54) is 0 Å². The Morgan fingerprint density at radius 2 is 2.12 bits per heavy atom. The van der Waals surface area contributed by atoms with E-state index in [9.17, 15) is 15.0 Å². The van der Waals surface area contributed by atoms with Gasteiger partial charge in [-0.25, -0.2) is 0 Å². The lowest BCUT2D eigenvalue weighted by molar-refractivity contribution is -0.126. The second-order valence-corrected chi connectivity index (χ2v) is 6.94. The number of nitrogens with zero attached hydrogens (tertiary/aromatic N) is 3. The van der Waals surface area contributed by atoms with Crippen molar-refractivity contribution in [3.8, 4) is 0 Å². The fraction of sp³-hybridized carbons (Fsp3) is 0.812. The van der Waals surface area contributed by atoms with Gasteiger partial charge in [0.1, 0.15) is 11.8 Å². The summed E-state index contributed by atoms with van der Waals surface area (Å²) < 4.78 is 6.66. The maximum atomic E-state index is 12.2. The molecule has 4 atom stereocenters. The third-order valence-corrected chi connectivity index (χ3v) is 5.16. The maximum Gasteiger partial charge on any atom is 0.223 e. The van der Waals surface area contributed by atoms with E-state index >= 15 is 0 Å². The third kappa shape index (κ3) is 3.76. The molecule has 3 rings (SSSR count). The van der Waals surface area contributed by atoms with E-state index < -0.39 is 18.2 Å². The number of methoxy groups -OCH3 is 1. The van der Waals surface area contributed by atoms with Crippen LogP contribution in [0.4, 0.5) is 0 Å². The lowest BCUT2D eigenvalue weighted by Crippen LogP contribution is -2.45. The van der Waals surface area contributed by atoms with E-state index in [1.807, 2.05) is 0 Å². The van der Waals surface area contributed by atoms with E-state index in [0.29, 0.717) is 19.6 Å².